The van der Waals surface area contributed by atoms with Crippen LogP contribution in [-0.2, 0) is 10.8 Å². The average molecular weight is 1130 g/mol. The third-order valence-electron chi connectivity index (χ3n) is 17.5. The number of hydrogen-bond acceptors (Lipinski definition) is 4. The number of pyridine rings is 1. The van der Waals surface area contributed by atoms with E-state index in [1.807, 2.05) is 18.3 Å². The zero-order valence-corrected chi connectivity index (χ0v) is 52.6. The summed E-state index contributed by atoms with van der Waals surface area (Å²) >= 11 is 0. The molecule has 0 fully saturated rings. The molecule has 2 aromatic heterocycles. The van der Waals surface area contributed by atoms with Gasteiger partial charge in [-0.05, 0) is 180 Å². The second-order valence-electron chi connectivity index (χ2n) is 27.1. The van der Waals surface area contributed by atoms with Crippen molar-refractivity contribution in [3.8, 4) is 61.8 Å². The molecule has 6 heteroatoms. The fourth-order valence-corrected chi connectivity index (χ4v) is 12.6. The van der Waals surface area contributed by atoms with Crippen LogP contribution < -0.4 is 14.5 Å². The number of para-hydroxylation sites is 3. The fraction of sp³-hybridized carbons (Fsp3) is 0.263. The summed E-state index contributed by atoms with van der Waals surface area (Å²) in [7, 11) is 0. The Morgan fingerprint density at radius 3 is 1.66 bits per heavy atom. The molecule has 86 heavy (non-hydrogen) atoms. The Kier molecular flexibility index (Phi) is 15.2. The van der Waals surface area contributed by atoms with Gasteiger partial charge in [-0.25, -0.2) is 9.37 Å². The maximum absolute atomic E-state index is 15.1. The van der Waals surface area contributed by atoms with Crippen LogP contribution in [0, 0.1) is 5.82 Å². The maximum Gasteiger partial charge on any atom is 0.137 e. The lowest BCUT2D eigenvalue weighted by Crippen LogP contribution is -2.25. The first-order chi connectivity index (χ1) is 41.1. The van der Waals surface area contributed by atoms with Crippen molar-refractivity contribution < 1.29 is 9.13 Å². The number of halogens is 1. The summed E-state index contributed by atoms with van der Waals surface area (Å²) in [4.78, 5) is 9.97. The first kappa shape index (κ1) is 57.7. The summed E-state index contributed by atoms with van der Waals surface area (Å²) in [5.74, 6) is 3.13. The van der Waals surface area contributed by atoms with Crippen molar-refractivity contribution in [2.24, 2.45) is 0 Å². The molecule has 0 saturated heterocycles. The largest absolute Gasteiger partial charge is 0.457 e. The highest BCUT2D eigenvalue weighted by Gasteiger charge is 2.34. The van der Waals surface area contributed by atoms with Gasteiger partial charge in [-0.15, -0.1) is 0 Å². The van der Waals surface area contributed by atoms with Crippen LogP contribution in [-0.4, -0.2) is 16.2 Å². The van der Waals surface area contributed by atoms with Crippen LogP contribution in [0.25, 0.3) is 72.1 Å². The van der Waals surface area contributed by atoms with Crippen molar-refractivity contribution in [3.63, 3.8) is 0 Å². The van der Waals surface area contributed by atoms with Crippen molar-refractivity contribution in [2.45, 2.75) is 131 Å². The molecule has 434 valence electrons. The average Bonchev–Trinajstić information content (AvgIpc) is 1.73. The van der Waals surface area contributed by atoms with E-state index in [0.717, 1.165) is 84.1 Å². The van der Waals surface area contributed by atoms with Gasteiger partial charge in [0.1, 0.15) is 29.8 Å². The van der Waals surface area contributed by atoms with E-state index in [1.165, 1.54) is 55.6 Å². The molecule has 0 unspecified atom stereocenters. The van der Waals surface area contributed by atoms with E-state index in [9.17, 15) is 0 Å². The van der Waals surface area contributed by atoms with Gasteiger partial charge in [0.25, 0.3) is 0 Å². The highest BCUT2D eigenvalue weighted by Crippen LogP contribution is 2.53. The summed E-state index contributed by atoms with van der Waals surface area (Å²) in [6.45, 7) is 32.5. The van der Waals surface area contributed by atoms with E-state index in [4.69, 9.17) is 9.72 Å². The predicted octanol–water partition coefficient (Wildman–Crippen LogP) is 23.1. The van der Waals surface area contributed by atoms with Crippen LogP contribution in [0.3, 0.4) is 0 Å². The number of aromatic nitrogens is 2. The Morgan fingerprint density at radius 2 is 1.03 bits per heavy atom. The number of benzene rings is 9. The molecule has 1 aliphatic rings. The van der Waals surface area contributed by atoms with Crippen molar-refractivity contribution in [1.82, 2.24) is 9.55 Å². The predicted molar refractivity (Wildman–Crippen MR) is 363 cm³/mol. The number of ether oxygens (including phenoxy) is 1. The van der Waals surface area contributed by atoms with Crippen molar-refractivity contribution in [2.75, 3.05) is 16.5 Å². The molecule has 0 radical (unpaired) electrons. The quantitative estimate of drug-likeness (QED) is 0.115. The molecule has 0 N–H and O–H groups in total. The second kappa shape index (κ2) is 22.6. The van der Waals surface area contributed by atoms with Crippen LogP contribution in [0.5, 0.6) is 11.5 Å². The summed E-state index contributed by atoms with van der Waals surface area (Å²) in [5, 5.41) is 2.29. The number of fused-ring (bicyclic) bond motifs is 4. The molecule has 0 atom stereocenters. The standard InChI is InChI=1S/C80H81FN4O/c1-49(2)55-36-56(50(3)4)38-58(37-55)71-44-61(80(12,13)14)43-70(54-28-30-62(81)31-29-54)78(71)84-48-83(73-26-20-21-27-74(73)84)63-39-59(77-68(51(5)6)41-57(42-69(77)52(7)8)53-22-16-15-17-23-53)40-65(46-63)86-64-32-33-67-66-24-18-19-25-72(66)85(75(67)47-64)76-45-60(34-35-82-76)79(9,10)11/h15-47,49-52H,48H2,1-14H3. The van der Waals surface area contributed by atoms with Gasteiger partial charge in [-0.1, -0.05) is 200 Å². The van der Waals surface area contributed by atoms with Crippen LogP contribution in [0.4, 0.5) is 27.1 Å². The van der Waals surface area contributed by atoms with E-state index < -0.39 is 0 Å². The number of anilines is 4. The highest BCUT2D eigenvalue weighted by atomic mass is 19.1. The van der Waals surface area contributed by atoms with Gasteiger partial charge in [-0.3, -0.25) is 4.57 Å². The monoisotopic (exact) mass is 1130 g/mol. The number of rotatable bonds is 13. The first-order valence-electron chi connectivity index (χ1n) is 30.9. The normalized spacial score (nSPS) is 12.9. The Labute approximate surface area is 509 Å². The summed E-state index contributed by atoms with van der Waals surface area (Å²) in [6.07, 6.45) is 1.93. The second-order valence-corrected chi connectivity index (χ2v) is 27.1. The number of nitrogens with zero attached hydrogens (tertiary/aromatic N) is 4. The SMILES string of the molecule is CC(C)c1cc(-c2cc(C(C)(C)C)cc(-c3ccc(F)cc3)c2N2CN(c3cc(Oc4ccc5c6ccccc6n(-c6cc(C(C)(C)C)ccn6)c5c4)cc(-c4c(C(C)C)cc(-c5ccccc5)cc4C(C)C)c3)c3ccccc32)cc(C(C)C)c1. The van der Waals surface area contributed by atoms with Gasteiger partial charge >= 0.3 is 0 Å². The van der Waals surface area contributed by atoms with Gasteiger partial charge < -0.3 is 14.5 Å². The van der Waals surface area contributed by atoms with E-state index in [-0.39, 0.29) is 28.5 Å². The van der Waals surface area contributed by atoms with Gasteiger partial charge in [0.05, 0.1) is 28.1 Å². The summed E-state index contributed by atoms with van der Waals surface area (Å²) < 4.78 is 24.7. The molecule has 0 saturated carbocycles. The maximum atomic E-state index is 15.1. The van der Waals surface area contributed by atoms with E-state index >= 15 is 4.39 Å². The lowest BCUT2D eigenvalue weighted by molar-refractivity contribution is 0.483. The van der Waals surface area contributed by atoms with Gasteiger partial charge in [0, 0.05) is 45.9 Å². The van der Waals surface area contributed by atoms with Gasteiger partial charge in [-0.2, -0.15) is 0 Å². The van der Waals surface area contributed by atoms with Crippen LogP contribution in [0.2, 0.25) is 0 Å². The lowest BCUT2D eigenvalue weighted by atomic mass is 9.81. The van der Waals surface area contributed by atoms with Crippen LogP contribution >= 0.6 is 0 Å². The molecule has 0 bridgehead atoms. The van der Waals surface area contributed by atoms with Crippen LogP contribution in [0.1, 0.15) is 154 Å². The molecule has 12 rings (SSSR count). The van der Waals surface area contributed by atoms with Crippen molar-refractivity contribution in [1.29, 1.82) is 0 Å². The molecule has 0 aliphatic carbocycles. The minimum absolute atomic E-state index is 0.0614. The van der Waals surface area contributed by atoms with Gasteiger partial charge in [0.15, 0.2) is 0 Å². The summed E-state index contributed by atoms with van der Waals surface area (Å²) in [5.41, 5.74) is 22.8. The van der Waals surface area contributed by atoms with E-state index in [1.54, 1.807) is 12.1 Å². The molecule has 9 aromatic carbocycles. The molecule has 1 aliphatic heterocycles. The molecule has 0 amide bonds. The number of hydrogen-bond donors (Lipinski definition) is 0. The van der Waals surface area contributed by atoms with Crippen LogP contribution in [0.15, 0.2) is 200 Å². The Hall–Kier alpha value is -8.74. The molecular weight excluding hydrogens is 1050 g/mol. The third kappa shape index (κ3) is 11.0. The van der Waals surface area contributed by atoms with Crippen molar-refractivity contribution in [3.05, 3.63) is 240 Å². The van der Waals surface area contributed by atoms with E-state index in [2.05, 4.69) is 281 Å². The highest BCUT2D eigenvalue weighted by molar-refractivity contribution is 6.09. The lowest BCUT2D eigenvalue weighted by Gasteiger charge is -2.31. The minimum Gasteiger partial charge on any atom is -0.457 e. The van der Waals surface area contributed by atoms with Crippen molar-refractivity contribution >= 4 is 44.6 Å². The zero-order valence-electron chi connectivity index (χ0n) is 52.6. The molecular formula is C80H81FN4O. The fourth-order valence-electron chi connectivity index (χ4n) is 12.6. The zero-order chi connectivity index (χ0) is 60.5. The third-order valence-corrected chi connectivity index (χ3v) is 17.5. The summed E-state index contributed by atoms with van der Waals surface area (Å²) in [6, 6.07) is 69.8. The first-order valence-corrected chi connectivity index (χ1v) is 30.9. The Balaban J connectivity index is 1.09. The topological polar surface area (TPSA) is 33.5 Å². The molecule has 3 heterocycles. The smallest absolute Gasteiger partial charge is 0.137 e. The molecule has 11 aromatic rings. The minimum atomic E-state index is -0.259. The Morgan fingerprint density at radius 1 is 0.442 bits per heavy atom. The van der Waals surface area contributed by atoms with Gasteiger partial charge in [0.2, 0.25) is 0 Å². The molecule has 0 spiro atoms. The Bertz CT molecular complexity index is 4290. The molecule has 5 nitrogen and oxygen atoms in total. The van der Waals surface area contributed by atoms with E-state index in [0.29, 0.717) is 18.5 Å².